The van der Waals surface area contributed by atoms with Crippen LogP contribution < -0.4 is 19.9 Å². The molecule has 5 rings (SSSR count). The van der Waals surface area contributed by atoms with Gasteiger partial charge in [-0.1, -0.05) is 57.9 Å². The predicted molar refractivity (Wildman–Crippen MR) is 164 cm³/mol. The maximum absolute atomic E-state index is 13.5. The highest BCUT2D eigenvalue weighted by Gasteiger charge is 2.54. The zero-order valence-electron chi connectivity index (χ0n) is 23.2. The van der Waals surface area contributed by atoms with Gasteiger partial charge in [0.25, 0.3) is 0 Å². The molecule has 0 saturated heterocycles. The van der Waals surface area contributed by atoms with E-state index in [1.807, 2.05) is 53.4 Å². The fourth-order valence-corrected chi connectivity index (χ4v) is 5.71. The number of nitrogens with two attached hydrogens (primary N) is 1. The first-order valence-corrected chi connectivity index (χ1v) is 14.8. The van der Waals surface area contributed by atoms with Crippen molar-refractivity contribution in [1.82, 2.24) is 4.90 Å². The van der Waals surface area contributed by atoms with Crippen molar-refractivity contribution in [3.8, 4) is 17.2 Å². The Morgan fingerprint density at radius 1 is 1.00 bits per heavy atom. The molecule has 0 spiro atoms. The minimum atomic E-state index is -0.672. The fourth-order valence-electron chi connectivity index (χ4n) is 5.14. The number of hydrogen-bond acceptors (Lipinski definition) is 7. The largest absolute Gasteiger partial charge is 0.493 e. The lowest BCUT2D eigenvalue weighted by Crippen LogP contribution is -2.50. The highest BCUT2D eigenvalue weighted by molar-refractivity contribution is 9.10. The third-order valence-electron chi connectivity index (χ3n) is 7.63. The molecule has 10 heteroatoms. The van der Waals surface area contributed by atoms with Gasteiger partial charge in [-0.25, -0.2) is 4.79 Å². The summed E-state index contributed by atoms with van der Waals surface area (Å²) in [4.78, 5) is 27.7. The van der Waals surface area contributed by atoms with Crippen LogP contribution >= 0.6 is 27.5 Å². The van der Waals surface area contributed by atoms with E-state index in [0.717, 1.165) is 21.2 Å². The summed E-state index contributed by atoms with van der Waals surface area (Å²) >= 11 is 9.57. The zero-order chi connectivity index (χ0) is 29.7. The van der Waals surface area contributed by atoms with Crippen LogP contribution in [0.5, 0.6) is 17.2 Å². The number of methoxy groups -OCH3 is 1. The van der Waals surface area contributed by atoms with Gasteiger partial charge in [0.2, 0.25) is 5.91 Å². The molecule has 220 valence electrons. The molecule has 2 N–H and O–H groups in total. The van der Waals surface area contributed by atoms with Crippen LogP contribution in [0.25, 0.3) is 5.57 Å². The van der Waals surface area contributed by atoms with Gasteiger partial charge in [-0.2, -0.15) is 0 Å². The number of benzene rings is 3. The number of esters is 1. The normalized spacial score (nSPS) is 16.1. The molecule has 8 nitrogen and oxygen atoms in total. The molecule has 0 radical (unpaired) electrons. The van der Waals surface area contributed by atoms with Crippen LogP contribution in [-0.2, 0) is 20.9 Å². The van der Waals surface area contributed by atoms with Crippen LogP contribution in [0.4, 0.5) is 0 Å². The Balaban J connectivity index is 1.28. The Hall–Kier alpha value is -3.53. The summed E-state index contributed by atoms with van der Waals surface area (Å²) in [7, 11) is 1.57. The summed E-state index contributed by atoms with van der Waals surface area (Å²) in [6, 6.07) is 20.4. The number of nitrogens with zero attached hydrogens (tertiary/aromatic N) is 1. The maximum Gasteiger partial charge on any atom is 0.335 e. The average molecular weight is 656 g/mol. The third kappa shape index (κ3) is 6.75. The summed E-state index contributed by atoms with van der Waals surface area (Å²) in [6.07, 6.45) is 2.00. The first kappa shape index (κ1) is 29.9. The molecule has 1 heterocycles. The molecule has 1 saturated carbocycles. The topological polar surface area (TPSA) is 100 Å². The van der Waals surface area contributed by atoms with Gasteiger partial charge in [-0.05, 0) is 60.7 Å². The fraction of sp³-hybridized carbons (Fsp3) is 0.312. The Morgan fingerprint density at radius 3 is 2.43 bits per heavy atom. The van der Waals surface area contributed by atoms with Gasteiger partial charge in [0.1, 0.15) is 31.1 Å². The van der Waals surface area contributed by atoms with Gasteiger partial charge in [0, 0.05) is 34.2 Å². The Bertz CT molecular complexity index is 1490. The van der Waals surface area contributed by atoms with Crippen LogP contribution in [-0.4, -0.2) is 55.7 Å². The van der Waals surface area contributed by atoms with Crippen LogP contribution in [0.2, 0.25) is 5.02 Å². The van der Waals surface area contributed by atoms with E-state index in [9.17, 15) is 9.59 Å². The average Bonchev–Trinajstić information content (AvgIpc) is 3.82. The summed E-state index contributed by atoms with van der Waals surface area (Å²) in [5, 5.41) is 0.556. The van der Waals surface area contributed by atoms with Crippen molar-refractivity contribution in [3.05, 3.63) is 92.9 Å². The first-order valence-electron chi connectivity index (χ1n) is 13.7. The maximum atomic E-state index is 13.5. The lowest BCUT2D eigenvalue weighted by molar-refractivity contribution is -0.141. The Kier molecular flexibility index (Phi) is 9.40. The van der Waals surface area contributed by atoms with E-state index in [-0.39, 0.29) is 12.5 Å². The van der Waals surface area contributed by atoms with Crippen molar-refractivity contribution in [2.24, 2.45) is 5.73 Å². The molecule has 0 aromatic heterocycles. The van der Waals surface area contributed by atoms with Crippen molar-refractivity contribution in [3.63, 3.8) is 0 Å². The minimum absolute atomic E-state index is 0.133. The summed E-state index contributed by atoms with van der Waals surface area (Å²) < 4.78 is 23.6. The van der Waals surface area contributed by atoms with E-state index < -0.39 is 11.5 Å². The molecule has 0 atom stereocenters. The molecular formula is C32H32BrClN2O6. The van der Waals surface area contributed by atoms with Crippen molar-refractivity contribution < 1.29 is 28.5 Å². The zero-order valence-corrected chi connectivity index (χ0v) is 25.6. The van der Waals surface area contributed by atoms with E-state index >= 15 is 0 Å². The number of carbonyl (C=O) groups excluding carboxylic acids is 2. The van der Waals surface area contributed by atoms with Crippen LogP contribution in [0.15, 0.2) is 76.8 Å². The second-order valence-corrected chi connectivity index (χ2v) is 11.5. The Morgan fingerprint density at radius 2 is 1.74 bits per heavy atom. The minimum Gasteiger partial charge on any atom is -0.493 e. The highest BCUT2D eigenvalue weighted by atomic mass is 79.9. The summed E-state index contributed by atoms with van der Waals surface area (Å²) in [5.41, 5.74) is 8.29. The second kappa shape index (κ2) is 13.2. The molecule has 3 aromatic carbocycles. The van der Waals surface area contributed by atoms with Crippen LogP contribution in [0.3, 0.4) is 0 Å². The van der Waals surface area contributed by atoms with Gasteiger partial charge >= 0.3 is 5.97 Å². The van der Waals surface area contributed by atoms with Crippen molar-refractivity contribution >= 4 is 45.0 Å². The van der Waals surface area contributed by atoms with E-state index in [4.69, 9.17) is 36.3 Å². The predicted octanol–water partition coefficient (Wildman–Crippen LogP) is 5.79. The standard InChI is InChI=1S/C32H32BrClN2O6/c1-39-28-11-8-23(34)18-29(28)41-17-16-40-24-9-6-21(7-10-24)25-12-15-36(32(13-14-32)31(35)38)19-26(25)30(37)42-20-22-4-2-3-5-27(22)33/h2-11,18H,12-17,19-20H2,1H3,(H2,35,38). The number of hydrogen-bond donors (Lipinski definition) is 1. The molecule has 1 fully saturated rings. The summed E-state index contributed by atoms with van der Waals surface area (Å²) in [6.45, 7) is 1.68. The third-order valence-corrected chi connectivity index (χ3v) is 8.64. The molecule has 1 amide bonds. The van der Waals surface area contributed by atoms with Crippen LogP contribution in [0, 0.1) is 0 Å². The molecule has 0 bridgehead atoms. The van der Waals surface area contributed by atoms with Crippen molar-refractivity contribution in [1.29, 1.82) is 0 Å². The van der Waals surface area contributed by atoms with E-state index in [2.05, 4.69) is 15.9 Å². The van der Waals surface area contributed by atoms with Gasteiger partial charge in [-0.15, -0.1) is 0 Å². The lowest BCUT2D eigenvalue weighted by atomic mass is 9.92. The van der Waals surface area contributed by atoms with Crippen LogP contribution in [0.1, 0.15) is 30.4 Å². The lowest BCUT2D eigenvalue weighted by Gasteiger charge is -2.35. The number of halogens is 2. The quantitative estimate of drug-likeness (QED) is 0.195. The molecule has 3 aromatic rings. The number of carbonyl (C=O) groups is 2. The molecule has 42 heavy (non-hydrogen) atoms. The van der Waals surface area contributed by atoms with E-state index in [0.29, 0.717) is 73.4 Å². The molecular weight excluding hydrogens is 624 g/mol. The number of primary amides is 1. The number of rotatable bonds is 12. The molecule has 0 unspecified atom stereocenters. The van der Waals surface area contributed by atoms with E-state index in [1.54, 1.807) is 25.3 Å². The van der Waals surface area contributed by atoms with Crippen molar-refractivity contribution in [2.45, 2.75) is 31.4 Å². The van der Waals surface area contributed by atoms with Gasteiger partial charge in [0.15, 0.2) is 11.5 Å². The van der Waals surface area contributed by atoms with Gasteiger partial charge < -0.3 is 24.7 Å². The molecule has 2 aliphatic rings. The first-order chi connectivity index (χ1) is 20.3. The van der Waals surface area contributed by atoms with Crippen molar-refractivity contribution in [2.75, 3.05) is 33.4 Å². The number of ether oxygens (including phenoxy) is 4. The number of amides is 1. The highest BCUT2D eigenvalue weighted by Crippen LogP contribution is 2.44. The molecule has 1 aliphatic heterocycles. The van der Waals surface area contributed by atoms with Gasteiger partial charge in [-0.3, -0.25) is 9.69 Å². The summed E-state index contributed by atoms with van der Waals surface area (Å²) in [5.74, 6) is 1.07. The van der Waals surface area contributed by atoms with E-state index in [1.165, 1.54) is 0 Å². The Labute approximate surface area is 258 Å². The second-order valence-electron chi connectivity index (χ2n) is 10.2. The monoisotopic (exact) mass is 654 g/mol. The molecule has 1 aliphatic carbocycles. The van der Waals surface area contributed by atoms with Gasteiger partial charge in [0.05, 0.1) is 12.7 Å². The SMILES string of the molecule is COc1ccc(Cl)cc1OCCOc1ccc(C2=C(C(=O)OCc3ccccc3Br)CN(C3(C(N)=O)CC3)CC2)cc1. The smallest absolute Gasteiger partial charge is 0.335 e.